The molecule has 0 heterocycles. The predicted molar refractivity (Wildman–Crippen MR) is 74.1 cm³/mol. The van der Waals surface area contributed by atoms with E-state index in [-0.39, 0.29) is 6.42 Å². The molecule has 5 heteroatoms. The lowest BCUT2D eigenvalue weighted by atomic mass is 9.98. The maximum Gasteiger partial charge on any atom is 0.320 e. The summed E-state index contributed by atoms with van der Waals surface area (Å²) in [5.74, 6) is 0.0708. The average Bonchev–Trinajstić information content (AvgIpc) is 2.27. The smallest absolute Gasteiger partial charge is 0.320 e. The fourth-order valence-corrected chi connectivity index (χ4v) is 2.78. The van der Waals surface area contributed by atoms with Crippen molar-refractivity contribution < 1.29 is 14.6 Å². The maximum atomic E-state index is 10.8. The molecule has 0 saturated heterocycles. The number of hydrogen-bond acceptors (Lipinski definition) is 3. The predicted octanol–water partition coefficient (Wildman–Crippen LogP) is 2.54. The summed E-state index contributed by atoms with van der Waals surface area (Å²) in [6.07, 6.45) is 0.280. The molecule has 4 nitrogen and oxygen atoms in total. The number of ether oxygens (including phenoxy) is 1. The van der Waals surface area contributed by atoms with Crippen molar-refractivity contribution in [1.29, 1.82) is 0 Å². The molecule has 1 atom stereocenters. The van der Waals surface area contributed by atoms with Crippen LogP contribution in [0.4, 0.5) is 0 Å². The monoisotopic (exact) mass is 315 g/mol. The lowest BCUT2D eigenvalue weighted by molar-refractivity contribution is -0.138. The van der Waals surface area contributed by atoms with Gasteiger partial charge in [-0.3, -0.25) is 4.79 Å². The second kappa shape index (κ2) is 6.20. The third-order valence-electron chi connectivity index (χ3n) is 2.72. The zero-order valence-corrected chi connectivity index (χ0v) is 12.3. The Morgan fingerprint density at radius 2 is 2.11 bits per heavy atom. The normalized spacial score (nSPS) is 12.6. The Bertz CT molecular complexity index is 446. The van der Waals surface area contributed by atoms with Gasteiger partial charge in [0.25, 0.3) is 0 Å². The van der Waals surface area contributed by atoms with Crippen LogP contribution in [-0.4, -0.2) is 24.2 Å². The Labute approximate surface area is 115 Å². The number of benzene rings is 1. The second-order valence-electron chi connectivity index (χ2n) is 4.50. The van der Waals surface area contributed by atoms with E-state index in [0.717, 1.165) is 21.3 Å². The van der Waals surface area contributed by atoms with Gasteiger partial charge in [0.2, 0.25) is 0 Å². The highest BCUT2D eigenvalue weighted by Gasteiger charge is 2.17. The van der Waals surface area contributed by atoms with E-state index in [2.05, 4.69) is 29.8 Å². The summed E-state index contributed by atoms with van der Waals surface area (Å²) in [4.78, 5) is 10.8. The summed E-state index contributed by atoms with van der Waals surface area (Å²) < 4.78 is 6.27. The van der Waals surface area contributed by atoms with Crippen molar-refractivity contribution in [2.75, 3.05) is 7.11 Å². The van der Waals surface area contributed by atoms with E-state index < -0.39 is 12.0 Å². The van der Waals surface area contributed by atoms with Crippen LogP contribution in [0.25, 0.3) is 0 Å². The van der Waals surface area contributed by atoms with Gasteiger partial charge in [0.05, 0.1) is 7.11 Å². The van der Waals surface area contributed by atoms with Gasteiger partial charge in [-0.1, -0.05) is 29.8 Å². The van der Waals surface area contributed by atoms with Gasteiger partial charge in [-0.25, -0.2) is 0 Å². The summed E-state index contributed by atoms with van der Waals surface area (Å²) in [7, 11) is 1.61. The van der Waals surface area contributed by atoms with E-state index in [4.69, 9.17) is 15.6 Å². The van der Waals surface area contributed by atoms with Crippen LogP contribution < -0.4 is 10.5 Å². The molecule has 0 saturated carbocycles. The first-order chi connectivity index (χ1) is 8.36. The molecule has 1 rings (SSSR count). The molecule has 0 spiro atoms. The van der Waals surface area contributed by atoms with Gasteiger partial charge in [0.1, 0.15) is 11.8 Å². The number of carbonyl (C=O) groups is 1. The number of carboxylic acid groups (broad SMARTS) is 1. The van der Waals surface area contributed by atoms with Crippen LogP contribution in [0.2, 0.25) is 0 Å². The Morgan fingerprint density at radius 1 is 1.50 bits per heavy atom. The number of hydrogen-bond donors (Lipinski definition) is 2. The highest BCUT2D eigenvalue weighted by atomic mass is 79.9. The molecule has 100 valence electrons. The van der Waals surface area contributed by atoms with Gasteiger partial charge in [-0.05, 0) is 30.0 Å². The topological polar surface area (TPSA) is 72.5 Å². The van der Waals surface area contributed by atoms with Crippen molar-refractivity contribution in [2.24, 2.45) is 5.73 Å². The first-order valence-electron chi connectivity index (χ1n) is 5.71. The third kappa shape index (κ3) is 3.46. The van der Waals surface area contributed by atoms with E-state index in [1.54, 1.807) is 7.11 Å². The van der Waals surface area contributed by atoms with Crippen molar-refractivity contribution in [3.8, 4) is 5.75 Å². The number of rotatable bonds is 5. The molecule has 3 N–H and O–H groups in total. The summed E-state index contributed by atoms with van der Waals surface area (Å²) in [5.41, 5.74) is 7.45. The van der Waals surface area contributed by atoms with Crippen molar-refractivity contribution in [3.63, 3.8) is 0 Å². The number of methoxy groups -OCH3 is 1. The molecular formula is C13H18BrNO3. The van der Waals surface area contributed by atoms with E-state index in [0.29, 0.717) is 5.92 Å². The average molecular weight is 316 g/mol. The van der Waals surface area contributed by atoms with Crippen LogP contribution >= 0.6 is 15.9 Å². The fraction of sp³-hybridized carbons (Fsp3) is 0.462. The number of aliphatic carboxylic acids is 1. The molecule has 0 bridgehead atoms. The van der Waals surface area contributed by atoms with Crippen LogP contribution in [0, 0.1) is 0 Å². The lowest BCUT2D eigenvalue weighted by Crippen LogP contribution is -2.32. The zero-order valence-electron chi connectivity index (χ0n) is 10.7. The number of nitrogens with two attached hydrogens (primary N) is 1. The lowest BCUT2D eigenvalue weighted by Gasteiger charge is -2.16. The molecule has 0 radical (unpaired) electrons. The molecule has 1 unspecified atom stereocenters. The summed E-state index contributed by atoms with van der Waals surface area (Å²) in [6.45, 7) is 4.15. The molecule has 0 aliphatic heterocycles. The zero-order chi connectivity index (χ0) is 13.9. The van der Waals surface area contributed by atoms with Crippen molar-refractivity contribution >= 4 is 21.9 Å². The second-order valence-corrected chi connectivity index (χ2v) is 5.35. The fourth-order valence-electron chi connectivity index (χ4n) is 1.83. The van der Waals surface area contributed by atoms with E-state index in [9.17, 15) is 4.79 Å². The Kier molecular flexibility index (Phi) is 5.16. The van der Waals surface area contributed by atoms with Crippen LogP contribution in [0.15, 0.2) is 16.6 Å². The van der Waals surface area contributed by atoms with Gasteiger partial charge in [0, 0.05) is 10.0 Å². The van der Waals surface area contributed by atoms with E-state index >= 15 is 0 Å². The molecule has 0 aromatic heterocycles. The van der Waals surface area contributed by atoms with Gasteiger partial charge in [-0.15, -0.1) is 0 Å². The highest BCUT2D eigenvalue weighted by molar-refractivity contribution is 9.10. The summed E-state index contributed by atoms with van der Waals surface area (Å²) in [6, 6.07) is 2.86. The van der Waals surface area contributed by atoms with Crippen molar-refractivity contribution in [2.45, 2.75) is 32.2 Å². The van der Waals surface area contributed by atoms with Crippen LogP contribution in [0.1, 0.15) is 30.9 Å². The minimum atomic E-state index is -1.00. The molecular weight excluding hydrogens is 298 g/mol. The quantitative estimate of drug-likeness (QED) is 0.875. The van der Waals surface area contributed by atoms with Crippen molar-refractivity contribution in [3.05, 3.63) is 27.7 Å². The van der Waals surface area contributed by atoms with Crippen molar-refractivity contribution in [1.82, 2.24) is 0 Å². The SMILES string of the molecule is COc1cc(CC(N)C(=O)O)cc(Br)c1C(C)C. The standard InChI is InChI=1S/C13H18BrNO3/c1-7(2)12-9(14)4-8(6-11(12)18-3)5-10(15)13(16)17/h4,6-7,10H,5,15H2,1-3H3,(H,16,17). The Morgan fingerprint density at radius 3 is 2.56 bits per heavy atom. The molecule has 0 aliphatic rings. The maximum absolute atomic E-state index is 10.8. The summed E-state index contributed by atoms with van der Waals surface area (Å²) >= 11 is 3.50. The minimum Gasteiger partial charge on any atom is -0.496 e. The van der Waals surface area contributed by atoms with Crippen LogP contribution in [0.3, 0.4) is 0 Å². The van der Waals surface area contributed by atoms with Gasteiger partial charge in [-0.2, -0.15) is 0 Å². The molecule has 1 aromatic rings. The van der Waals surface area contributed by atoms with Gasteiger partial charge >= 0.3 is 5.97 Å². The Hall–Kier alpha value is -1.07. The molecule has 0 amide bonds. The van der Waals surface area contributed by atoms with Gasteiger partial charge in [0.15, 0.2) is 0 Å². The number of halogens is 1. The molecule has 0 fully saturated rings. The van der Waals surface area contributed by atoms with E-state index in [1.807, 2.05) is 12.1 Å². The minimum absolute atomic E-state index is 0.280. The molecule has 1 aromatic carbocycles. The number of carboxylic acids is 1. The van der Waals surface area contributed by atoms with Gasteiger partial charge < -0.3 is 15.6 Å². The third-order valence-corrected chi connectivity index (χ3v) is 3.38. The van der Waals surface area contributed by atoms with E-state index in [1.165, 1.54) is 0 Å². The first-order valence-corrected chi connectivity index (χ1v) is 6.50. The Balaban J connectivity index is 3.11. The first kappa shape index (κ1) is 15.0. The summed E-state index contributed by atoms with van der Waals surface area (Å²) in [5, 5.41) is 8.81. The van der Waals surface area contributed by atoms with Crippen LogP contribution in [-0.2, 0) is 11.2 Å². The van der Waals surface area contributed by atoms with Crippen LogP contribution in [0.5, 0.6) is 5.75 Å². The molecule has 18 heavy (non-hydrogen) atoms. The highest BCUT2D eigenvalue weighted by Crippen LogP contribution is 2.34. The molecule has 0 aliphatic carbocycles. The largest absolute Gasteiger partial charge is 0.496 e.